The maximum absolute atomic E-state index is 12.6. The number of aromatic nitrogens is 2. The van der Waals surface area contributed by atoms with Crippen molar-refractivity contribution in [2.24, 2.45) is 5.73 Å². The van der Waals surface area contributed by atoms with E-state index in [1.807, 2.05) is 68.7 Å². The fourth-order valence-electron chi connectivity index (χ4n) is 3.78. The Morgan fingerprint density at radius 2 is 1.91 bits per heavy atom. The minimum Gasteiger partial charge on any atom is -0.476 e. The van der Waals surface area contributed by atoms with Gasteiger partial charge in [-0.2, -0.15) is 0 Å². The summed E-state index contributed by atoms with van der Waals surface area (Å²) in [6.07, 6.45) is 4.15. The number of likely N-dealkylation sites (N-methyl/N-ethyl adjacent to an activating group) is 1. The van der Waals surface area contributed by atoms with Crippen LogP contribution in [0.25, 0.3) is 22.0 Å². The normalized spacial score (nSPS) is 11.1. The number of nitrogens with two attached hydrogens (primary N) is 1. The number of carbonyl (C=O) groups excluding carboxylic acids is 1. The van der Waals surface area contributed by atoms with Crippen LogP contribution in [0.1, 0.15) is 21.5 Å². The highest BCUT2D eigenvalue weighted by atomic mass is 16.5. The molecule has 8 heteroatoms. The van der Waals surface area contributed by atoms with Crippen LogP contribution < -0.4 is 15.8 Å². The number of nitrogen functional groups attached to an aromatic ring is 1. The number of aromatic amines is 1. The third-order valence-electron chi connectivity index (χ3n) is 5.74. The lowest BCUT2D eigenvalue weighted by molar-refractivity contribution is 0.0954. The van der Waals surface area contributed by atoms with Crippen molar-refractivity contribution in [1.82, 2.24) is 20.2 Å². The van der Waals surface area contributed by atoms with Crippen molar-refractivity contribution in [3.8, 4) is 17.0 Å². The smallest absolute Gasteiger partial charge is 0.251 e. The van der Waals surface area contributed by atoms with Crippen LogP contribution in [0.2, 0.25) is 0 Å². The Kier molecular flexibility index (Phi) is 7.42. The topological polar surface area (TPSA) is 120 Å². The Hall–Kier alpha value is -4.17. The maximum Gasteiger partial charge on any atom is 0.251 e. The summed E-state index contributed by atoms with van der Waals surface area (Å²) in [5, 5.41) is 11.6. The number of rotatable bonds is 10. The zero-order valence-electron chi connectivity index (χ0n) is 20.0. The van der Waals surface area contributed by atoms with Crippen molar-refractivity contribution in [2.75, 3.05) is 33.8 Å². The maximum atomic E-state index is 12.6. The van der Waals surface area contributed by atoms with Crippen LogP contribution in [-0.2, 0) is 6.42 Å². The number of ether oxygens (including phenoxy) is 1. The summed E-state index contributed by atoms with van der Waals surface area (Å²) in [6, 6.07) is 17.3. The van der Waals surface area contributed by atoms with E-state index in [2.05, 4.69) is 20.2 Å². The van der Waals surface area contributed by atoms with Gasteiger partial charge in [0.2, 0.25) is 5.88 Å². The van der Waals surface area contributed by atoms with Gasteiger partial charge >= 0.3 is 0 Å². The second kappa shape index (κ2) is 10.8. The number of H-pyrrole nitrogens is 1. The highest BCUT2D eigenvalue weighted by molar-refractivity contribution is 6.07. The van der Waals surface area contributed by atoms with E-state index in [1.165, 1.54) is 0 Å². The highest BCUT2D eigenvalue weighted by Crippen LogP contribution is 2.23. The second-order valence-corrected chi connectivity index (χ2v) is 8.61. The zero-order valence-corrected chi connectivity index (χ0v) is 20.0. The van der Waals surface area contributed by atoms with Gasteiger partial charge in [-0.1, -0.05) is 18.2 Å². The lowest BCUT2D eigenvalue weighted by Crippen LogP contribution is -2.25. The summed E-state index contributed by atoms with van der Waals surface area (Å²) in [6.45, 7) is 1.89. The number of amidine groups is 1. The van der Waals surface area contributed by atoms with Gasteiger partial charge in [0.1, 0.15) is 12.4 Å². The first-order valence-electron chi connectivity index (χ1n) is 11.5. The van der Waals surface area contributed by atoms with Gasteiger partial charge in [0.25, 0.3) is 5.91 Å². The second-order valence-electron chi connectivity index (χ2n) is 8.61. The summed E-state index contributed by atoms with van der Waals surface area (Å²) in [7, 11) is 4.00. The lowest BCUT2D eigenvalue weighted by Gasteiger charge is -2.11. The molecule has 1 amide bonds. The van der Waals surface area contributed by atoms with Crippen LogP contribution in [0.15, 0.2) is 67.0 Å². The van der Waals surface area contributed by atoms with Gasteiger partial charge in [0.15, 0.2) is 0 Å². The van der Waals surface area contributed by atoms with Gasteiger partial charge in [-0.05, 0) is 67.5 Å². The number of carbonyl (C=O) groups is 1. The van der Waals surface area contributed by atoms with Crippen LogP contribution in [0.3, 0.4) is 0 Å². The minimum atomic E-state index is -0.119. The molecule has 2 heterocycles. The van der Waals surface area contributed by atoms with Crippen LogP contribution >= 0.6 is 0 Å². The standard InChI is InChI=1S/C27H30N6O2/c1-33(2)13-14-35-25-16-21(10-12-30-25)19-4-6-20(7-5-19)27(34)31-11-9-18-3-8-24-22(15-18)23(17-32-24)26(28)29/h3-8,10,12,15-17,32H,9,11,13-14H2,1-2H3,(H3,28,29)(H,31,34). The van der Waals surface area contributed by atoms with E-state index < -0.39 is 0 Å². The lowest BCUT2D eigenvalue weighted by atomic mass is 10.0. The number of nitrogens with one attached hydrogen (secondary N) is 3. The Morgan fingerprint density at radius 3 is 2.66 bits per heavy atom. The van der Waals surface area contributed by atoms with E-state index in [0.29, 0.717) is 36.6 Å². The molecule has 2 aromatic heterocycles. The van der Waals surface area contributed by atoms with E-state index in [1.54, 1.807) is 12.4 Å². The van der Waals surface area contributed by atoms with Crippen molar-refractivity contribution in [1.29, 1.82) is 5.41 Å². The van der Waals surface area contributed by atoms with E-state index in [-0.39, 0.29) is 11.7 Å². The molecule has 0 spiro atoms. The molecule has 8 nitrogen and oxygen atoms in total. The number of nitrogens with zero attached hydrogens (tertiary/aromatic N) is 2. The van der Waals surface area contributed by atoms with Gasteiger partial charge in [-0.15, -0.1) is 0 Å². The zero-order chi connectivity index (χ0) is 24.8. The first-order chi connectivity index (χ1) is 16.9. The van der Waals surface area contributed by atoms with Gasteiger partial charge in [-0.25, -0.2) is 4.98 Å². The predicted molar refractivity (Wildman–Crippen MR) is 139 cm³/mol. The first-order valence-corrected chi connectivity index (χ1v) is 11.5. The summed E-state index contributed by atoms with van der Waals surface area (Å²) in [4.78, 5) is 22.1. The summed E-state index contributed by atoms with van der Waals surface area (Å²) < 4.78 is 5.72. The van der Waals surface area contributed by atoms with E-state index in [0.717, 1.165) is 34.1 Å². The van der Waals surface area contributed by atoms with Crippen molar-refractivity contribution >= 4 is 22.6 Å². The molecule has 180 valence electrons. The number of fused-ring (bicyclic) bond motifs is 1. The van der Waals surface area contributed by atoms with Crippen LogP contribution in [0.5, 0.6) is 5.88 Å². The molecule has 4 aromatic rings. The molecule has 0 saturated heterocycles. The monoisotopic (exact) mass is 470 g/mol. The van der Waals surface area contributed by atoms with Gasteiger partial charge in [-0.3, -0.25) is 10.2 Å². The molecule has 5 N–H and O–H groups in total. The molecule has 0 aliphatic rings. The fourth-order valence-corrected chi connectivity index (χ4v) is 3.78. The van der Waals surface area contributed by atoms with E-state index >= 15 is 0 Å². The summed E-state index contributed by atoms with van der Waals surface area (Å²) in [5.74, 6) is 0.496. The number of amides is 1. The van der Waals surface area contributed by atoms with E-state index in [9.17, 15) is 4.79 Å². The number of pyridine rings is 1. The van der Waals surface area contributed by atoms with Crippen molar-refractivity contribution in [2.45, 2.75) is 6.42 Å². The highest BCUT2D eigenvalue weighted by Gasteiger charge is 2.09. The molecular weight excluding hydrogens is 440 g/mol. The summed E-state index contributed by atoms with van der Waals surface area (Å²) in [5.41, 5.74) is 10.9. The molecule has 0 radical (unpaired) electrons. The molecule has 0 fully saturated rings. The minimum absolute atomic E-state index is 0.0324. The molecule has 35 heavy (non-hydrogen) atoms. The van der Waals surface area contributed by atoms with Gasteiger partial charge < -0.3 is 25.7 Å². The average molecular weight is 471 g/mol. The Balaban J connectivity index is 1.33. The third kappa shape index (κ3) is 6.04. The third-order valence-corrected chi connectivity index (χ3v) is 5.74. The molecule has 2 aromatic carbocycles. The molecule has 0 saturated carbocycles. The molecule has 0 bridgehead atoms. The molecule has 0 unspecified atom stereocenters. The number of hydrogen-bond donors (Lipinski definition) is 4. The molecule has 0 aliphatic carbocycles. The Labute approximate surface area is 204 Å². The number of benzene rings is 2. The van der Waals surface area contributed by atoms with Gasteiger partial charge in [0, 0.05) is 53.6 Å². The average Bonchev–Trinajstić information content (AvgIpc) is 3.28. The number of hydrogen-bond acceptors (Lipinski definition) is 5. The quantitative estimate of drug-likeness (QED) is 0.209. The molecule has 0 atom stereocenters. The molecular formula is C27H30N6O2. The van der Waals surface area contributed by atoms with Crippen LogP contribution in [-0.4, -0.2) is 60.4 Å². The molecule has 0 aliphatic heterocycles. The Morgan fingerprint density at radius 1 is 1.11 bits per heavy atom. The Bertz CT molecular complexity index is 1330. The summed E-state index contributed by atoms with van der Waals surface area (Å²) >= 11 is 0. The fraction of sp³-hybridized carbons (Fsp3) is 0.222. The SMILES string of the molecule is CN(C)CCOc1cc(-c2ccc(C(=O)NCCc3ccc4[nH]cc(C(=N)N)c4c3)cc2)ccn1. The van der Waals surface area contributed by atoms with Crippen LogP contribution in [0.4, 0.5) is 0 Å². The predicted octanol–water partition coefficient (Wildman–Crippen LogP) is 3.43. The molecule has 4 rings (SSSR count). The van der Waals surface area contributed by atoms with E-state index in [4.69, 9.17) is 15.9 Å². The largest absolute Gasteiger partial charge is 0.476 e. The van der Waals surface area contributed by atoms with Gasteiger partial charge in [0.05, 0.1) is 0 Å². The first kappa shape index (κ1) is 24.0. The van der Waals surface area contributed by atoms with Crippen molar-refractivity contribution in [3.63, 3.8) is 0 Å². The van der Waals surface area contributed by atoms with Crippen molar-refractivity contribution in [3.05, 3.63) is 83.7 Å². The van der Waals surface area contributed by atoms with Crippen molar-refractivity contribution < 1.29 is 9.53 Å². The van der Waals surface area contributed by atoms with Crippen LogP contribution in [0, 0.1) is 5.41 Å².